The Bertz CT molecular complexity index is 1310. The van der Waals surface area contributed by atoms with Crippen molar-refractivity contribution in [1.82, 2.24) is 0 Å². The van der Waals surface area contributed by atoms with Crippen LogP contribution in [0.1, 0.15) is 76.1 Å². The van der Waals surface area contributed by atoms with Crippen molar-refractivity contribution in [3.63, 3.8) is 0 Å². The molecule has 41 heavy (non-hydrogen) atoms. The Morgan fingerprint density at radius 2 is 1.41 bits per heavy atom. The van der Waals surface area contributed by atoms with Gasteiger partial charge in [0.2, 0.25) is 0 Å². The molecule has 0 amide bonds. The fourth-order valence-corrected chi connectivity index (χ4v) is 11.6. The molecule has 0 heterocycles. The molecule has 0 saturated carbocycles. The number of nitrogens with zero attached hydrogens (tertiary/aromatic N) is 1. The molecule has 0 saturated heterocycles. The highest BCUT2D eigenvalue weighted by Crippen LogP contribution is 2.44. The monoisotopic (exact) mass is 577 g/mol. The number of halogens is 2. The Morgan fingerprint density at radius 3 is 1.88 bits per heavy atom. The van der Waals surface area contributed by atoms with E-state index in [1.165, 1.54) is 12.1 Å². The van der Waals surface area contributed by atoms with Gasteiger partial charge in [-0.1, -0.05) is 84.0 Å². The van der Waals surface area contributed by atoms with Crippen LogP contribution in [-0.4, -0.2) is 19.4 Å². The third kappa shape index (κ3) is 7.42. The predicted molar refractivity (Wildman–Crippen MR) is 162 cm³/mol. The summed E-state index contributed by atoms with van der Waals surface area (Å²) in [7, 11) is -2.59. The van der Waals surface area contributed by atoms with E-state index in [1.54, 1.807) is 12.1 Å². The van der Waals surface area contributed by atoms with Crippen molar-refractivity contribution >= 4 is 14.3 Å². The number of hydrogen-bond donors (Lipinski definition) is 1. The number of aliphatic carboxylic acids is 1. The van der Waals surface area contributed by atoms with Gasteiger partial charge in [0.15, 0.2) is 17.4 Å². The number of aryl methyl sites for hydroxylation is 1. The molecule has 1 N–H and O–H groups in total. The van der Waals surface area contributed by atoms with E-state index in [9.17, 15) is 9.90 Å². The molecule has 3 aromatic rings. The smallest absolute Gasteiger partial charge is 0.307 e. The quantitative estimate of drug-likeness (QED) is 0.206. The van der Waals surface area contributed by atoms with Crippen LogP contribution in [0.4, 0.5) is 8.78 Å². The van der Waals surface area contributed by atoms with E-state index in [2.05, 4.69) is 47.6 Å². The highest BCUT2D eigenvalue weighted by atomic mass is 28.4. The van der Waals surface area contributed by atoms with Crippen LogP contribution in [-0.2, 0) is 17.6 Å². The molecule has 0 aliphatic rings. The molecule has 0 aromatic heterocycles. The molecule has 0 spiro atoms. The van der Waals surface area contributed by atoms with Gasteiger partial charge in [-0.05, 0) is 76.8 Å². The van der Waals surface area contributed by atoms with Gasteiger partial charge in [0.05, 0.1) is 17.6 Å². The van der Waals surface area contributed by atoms with Crippen molar-refractivity contribution in [3.05, 3.63) is 101 Å². The largest absolute Gasteiger partial charge is 0.539 e. The van der Waals surface area contributed by atoms with Crippen molar-refractivity contribution in [1.29, 1.82) is 5.26 Å². The van der Waals surface area contributed by atoms with Gasteiger partial charge >= 0.3 is 5.97 Å². The summed E-state index contributed by atoms with van der Waals surface area (Å²) >= 11 is 0. The van der Waals surface area contributed by atoms with Crippen LogP contribution < -0.4 is 4.43 Å². The standard InChI is InChI=1S/C34H41F2NO3Si/c1-22(2)41(23(3)4,24(5)6)40-33-31(35)19-27(20-32(33)36)18-30(28-10-8-7-9-11-28)29(34(38)39)17-16-25-12-14-26(21-37)15-13-25/h7-15,19-20,22-24,29-30H,16-18H2,1-6H3,(H,38,39). The zero-order chi connectivity index (χ0) is 30.3. The molecular formula is C34H41F2NO3Si. The summed E-state index contributed by atoms with van der Waals surface area (Å²) in [6.45, 7) is 12.4. The highest BCUT2D eigenvalue weighted by molar-refractivity contribution is 6.78. The van der Waals surface area contributed by atoms with E-state index >= 15 is 8.78 Å². The second-order valence-electron chi connectivity index (χ2n) is 11.8. The summed E-state index contributed by atoms with van der Waals surface area (Å²) in [6, 6.07) is 21.0. The van der Waals surface area contributed by atoms with E-state index < -0.39 is 37.8 Å². The normalized spacial score (nSPS) is 13.3. The molecule has 2 atom stereocenters. The van der Waals surface area contributed by atoms with Crippen molar-refractivity contribution < 1.29 is 23.1 Å². The van der Waals surface area contributed by atoms with Gasteiger partial charge in [-0.3, -0.25) is 4.79 Å². The van der Waals surface area contributed by atoms with Gasteiger partial charge in [-0.25, -0.2) is 8.78 Å². The average Bonchev–Trinajstić information content (AvgIpc) is 2.92. The minimum Gasteiger partial charge on any atom is -0.539 e. The Labute approximate surface area is 244 Å². The molecule has 0 radical (unpaired) electrons. The second-order valence-corrected chi connectivity index (χ2v) is 17.2. The molecule has 2 unspecified atom stereocenters. The molecule has 0 bridgehead atoms. The fourth-order valence-electron chi connectivity index (χ4n) is 6.37. The number of benzene rings is 3. The van der Waals surface area contributed by atoms with Gasteiger partial charge in [-0.2, -0.15) is 5.26 Å². The number of rotatable bonds is 13. The van der Waals surface area contributed by atoms with Crippen molar-refractivity contribution in [2.24, 2.45) is 5.92 Å². The molecule has 3 rings (SSSR count). The average molecular weight is 578 g/mol. The summed E-state index contributed by atoms with van der Waals surface area (Å²) in [5, 5.41) is 19.3. The van der Waals surface area contributed by atoms with Gasteiger partial charge in [0, 0.05) is 5.92 Å². The first-order valence-electron chi connectivity index (χ1n) is 14.3. The second kappa shape index (κ2) is 13.9. The molecule has 7 heteroatoms. The first kappa shape index (κ1) is 32.0. The number of carbonyl (C=O) groups is 1. The number of nitriles is 1. The molecule has 218 valence electrons. The van der Waals surface area contributed by atoms with Crippen LogP contribution in [0.25, 0.3) is 0 Å². The maximum Gasteiger partial charge on any atom is 0.307 e. The van der Waals surface area contributed by atoms with E-state index in [0.717, 1.165) is 11.1 Å². The van der Waals surface area contributed by atoms with Crippen LogP contribution in [0, 0.1) is 28.9 Å². The van der Waals surface area contributed by atoms with Gasteiger partial charge in [0.25, 0.3) is 8.32 Å². The molecule has 0 aliphatic heterocycles. The Kier molecular flexibility index (Phi) is 10.9. The van der Waals surface area contributed by atoms with E-state index in [-0.39, 0.29) is 28.8 Å². The molecular weight excluding hydrogens is 536 g/mol. The molecule has 4 nitrogen and oxygen atoms in total. The molecule has 3 aromatic carbocycles. The summed E-state index contributed by atoms with van der Waals surface area (Å²) < 4.78 is 37.5. The lowest BCUT2D eigenvalue weighted by atomic mass is 9.78. The van der Waals surface area contributed by atoms with Crippen molar-refractivity contribution in [3.8, 4) is 11.8 Å². The van der Waals surface area contributed by atoms with E-state index in [1.807, 2.05) is 42.5 Å². The van der Waals surface area contributed by atoms with Gasteiger partial charge in [0.1, 0.15) is 0 Å². The SMILES string of the molecule is CC(C)[Si](Oc1c(F)cc(CC(c2ccccc2)C(CCc2ccc(C#N)cc2)C(=O)O)cc1F)(C(C)C)C(C)C. The Morgan fingerprint density at radius 1 is 0.878 bits per heavy atom. The van der Waals surface area contributed by atoms with Crippen LogP contribution >= 0.6 is 0 Å². The van der Waals surface area contributed by atoms with Gasteiger partial charge in [-0.15, -0.1) is 0 Å². The van der Waals surface area contributed by atoms with Crippen molar-refractivity contribution in [2.75, 3.05) is 0 Å². The maximum absolute atomic E-state index is 15.6. The minimum atomic E-state index is -2.59. The summed E-state index contributed by atoms with van der Waals surface area (Å²) in [6.07, 6.45) is 0.982. The summed E-state index contributed by atoms with van der Waals surface area (Å²) in [5.41, 5.74) is 3.09. The zero-order valence-corrected chi connectivity index (χ0v) is 25.8. The first-order chi connectivity index (χ1) is 19.4. The first-order valence-corrected chi connectivity index (χ1v) is 16.5. The predicted octanol–water partition coefficient (Wildman–Crippen LogP) is 9.05. The van der Waals surface area contributed by atoms with E-state index in [0.29, 0.717) is 24.0 Å². The highest BCUT2D eigenvalue weighted by Gasteiger charge is 2.48. The number of carboxylic acids is 1. The van der Waals surface area contributed by atoms with Crippen LogP contribution in [0.2, 0.25) is 16.6 Å². The third-order valence-corrected chi connectivity index (χ3v) is 14.3. The van der Waals surface area contributed by atoms with Crippen LogP contribution in [0.15, 0.2) is 66.7 Å². The molecule has 0 aliphatic carbocycles. The zero-order valence-electron chi connectivity index (χ0n) is 24.8. The van der Waals surface area contributed by atoms with E-state index in [4.69, 9.17) is 9.69 Å². The topological polar surface area (TPSA) is 70.3 Å². The third-order valence-electron chi connectivity index (χ3n) is 8.36. The number of carboxylic acid groups (broad SMARTS) is 1. The Balaban J connectivity index is 1.95. The fraction of sp³-hybridized carbons (Fsp3) is 0.412. The maximum atomic E-state index is 15.6. The van der Waals surface area contributed by atoms with Gasteiger partial charge < -0.3 is 9.53 Å². The minimum absolute atomic E-state index is 0.149. The van der Waals surface area contributed by atoms with Crippen molar-refractivity contribution in [2.45, 2.75) is 83.3 Å². The lowest BCUT2D eigenvalue weighted by Crippen LogP contribution is -2.51. The summed E-state index contributed by atoms with van der Waals surface area (Å²) in [5.74, 6) is -4.10. The molecule has 0 fully saturated rings. The Hall–Kier alpha value is -3.50. The summed E-state index contributed by atoms with van der Waals surface area (Å²) in [4.78, 5) is 12.6. The lowest BCUT2D eigenvalue weighted by molar-refractivity contribution is -0.142. The van der Waals surface area contributed by atoms with Crippen LogP contribution in [0.5, 0.6) is 5.75 Å². The van der Waals surface area contributed by atoms with Crippen LogP contribution in [0.3, 0.4) is 0 Å². The number of hydrogen-bond acceptors (Lipinski definition) is 3. The lowest BCUT2D eigenvalue weighted by Gasteiger charge is -2.42.